The van der Waals surface area contributed by atoms with Crippen LogP contribution in [0, 0.1) is 5.41 Å². The average molecular weight is 293 g/mol. The lowest BCUT2D eigenvalue weighted by atomic mass is 9.68. The van der Waals surface area contributed by atoms with Crippen LogP contribution in [0.15, 0.2) is 28.7 Å². The molecular formula is C16H21Br. The predicted octanol–water partition coefficient (Wildman–Crippen LogP) is 5.56. The molecule has 0 aromatic heterocycles. The van der Waals surface area contributed by atoms with Gasteiger partial charge in [0.25, 0.3) is 0 Å². The molecule has 92 valence electrons. The highest BCUT2D eigenvalue weighted by Gasteiger charge is 2.31. The lowest BCUT2D eigenvalue weighted by Gasteiger charge is -2.36. The predicted molar refractivity (Wildman–Crippen MR) is 79.2 cm³/mol. The Bertz CT molecular complexity index is 473. The van der Waals surface area contributed by atoms with Gasteiger partial charge in [0.15, 0.2) is 0 Å². The molecule has 1 aliphatic carbocycles. The highest BCUT2D eigenvalue weighted by molar-refractivity contribution is 9.10. The van der Waals surface area contributed by atoms with E-state index in [9.17, 15) is 0 Å². The molecule has 1 heteroatoms. The van der Waals surface area contributed by atoms with E-state index in [4.69, 9.17) is 0 Å². The Labute approximate surface area is 113 Å². The second-order valence-electron chi connectivity index (χ2n) is 6.65. The molecule has 1 aliphatic rings. The summed E-state index contributed by atoms with van der Waals surface area (Å²) in [6, 6.07) is 6.71. The van der Waals surface area contributed by atoms with Crippen LogP contribution in [0.1, 0.15) is 52.2 Å². The normalized spacial score (nSPS) is 18.6. The summed E-state index contributed by atoms with van der Waals surface area (Å²) in [6.07, 6.45) is 3.56. The Balaban J connectivity index is 2.65. The van der Waals surface area contributed by atoms with Crippen LogP contribution >= 0.6 is 15.9 Å². The lowest BCUT2D eigenvalue weighted by Crippen LogP contribution is -2.24. The van der Waals surface area contributed by atoms with Gasteiger partial charge >= 0.3 is 0 Å². The van der Waals surface area contributed by atoms with E-state index in [-0.39, 0.29) is 10.8 Å². The van der Waals surface area contributed by atoms with Crippen molar-refractivity contribution in [3.05, 3.63) is 39.9 Å². The van der Waals surface area contributed by atoms with Crippen molar-refractivity contribution in [2.45, 2.75) is 46.5 Å². The summed E-state index contributed by atoms with van der Waals surface area (Å²) in [5.41, 5.74) is 4.85. The smallest absolute Gasteiger partial charge is 0.0181 e. The van der Waals surface area contributed by atoms with Crippen LogP contribution in [0.5, 0.6) is 0 Å². The van der Waals surface area contributed by atoms with Gasteiger partial charge in [-0.2, -0.15) is 0 Å². The topological polar surface area (TPSA) is 0 Å². The quantitative estimate of drug-likeness (QED) is 0.587. The second-order valence-corrected chi connectivity index (χ2v) is 7.56. The van der Waals surface area contributed by atoms with E-state index < -0.39 is 0 Å². The number of halogens is 1. The van der Waals surface area contributed by atoms with Gasteiger partial charge in [-0.25, -0.2) is 0 Å². The van der Waals surface area contributed by atoms with Crippen LogP contribution < -0.4 is 0 Å². The summed E-state index contributed by atoms with van der Waals surface area (Å²) in [4.78, 5) is 0. The van der Waals surface area contributed by atoms with Gasteiger partial charge in [-0.3, -0.25) is 0 Å². The summed E-state index contributed by atoms with van der Waals surface area (Å²) in [5.74, 6) is 0. The number of benzene rings is 1. The number of hydrogen-bond donors (Lipinski definition) is 0. The van der Waals surface area contributed by atoms with Crippen LogP contribution in [-0.4, -0.2) is 0 Å². The molecule has 0 radical (unpaired) electrons. The van der Waals surface area contributed by atoms with Gasteiger partial charge in [0.1, 0.15) is 0 Å². The van der Waals surface area contributed by atoms with Gasteiger partial charge in [-0.15, -0.1) is 0 Å². The third kappa shape index (κ3) is 2.35. The highest BCUT2D eigenvalue weighted by atomic mass is 79.9. The fraction of sp³-hybridized carbons (Fsp3) is 0.500. The van der Waals surface area contributed by atoms with Crippen molar-refractivity contribution in [3.8, 4) is 0 Å². The minimum absolute atomic E-state index is 0.214. The Morgan fingerprint density at radius 1 is 1.18 bits per heavy atom. The Kier molecular flexibility index (Phi) is 3.02. The SMILES string of the molecule is CC(C)(C)C1=CCC(C)(C)c2ccc(Br)cc21. The summed E-state index contributed by atoms with van der Waals surface area (Å²) in [6.45, 7) is 11.5. The molecule has 0 fully saturated rings. The fourth-order valence-electron chi connectivity index (χ4n) is 2.62. The molecule has 0 bridgehead atoms. The van der Waals surface area contributed by atoms with E-state index in [0.717, 1.165) is 6.42 Å². The highest BCUT2D eigenvalue weighted by Crippen LogP contribution is 2.45. The molecule has 17 heavy (non-hydrogen) atoms. The van der Waals surface area contributed by atoms with Gasteiger partial charge in [0.2, 0.25) is 0 Å². The van der Waals surface area contributed by atoms with Crippen LogP contribution in [-0.2, 0) is 5.41 Å². The zero-order valence-electron chi connectivity index (χ0n) is 11.4. The monoisotopic (exact) mass is 292 g/mol. The molecule has 0 nitrogen and oxygen atoms in total. The van der Waals surface area contributed by atoms with Crippen molar-refractivity contribution in [1.82, 2.24) is 0 Å². The third-order valence-electron chi connectivity index (χ3n) is 3.63. The summed E-state index contributed by atoms with van der Waals surface area (Å²) in [5, 5.41) is 0. The maximum absolute atomic E-state index is 3.59. The van der Waals surface area contributed by atoms with Gasteiger partial charge < -0.3 is 0 Å². The standard InChI is InChI=1S/C16H21Br/c1-15(2,3)13-8-9-16(4,5)14-7-6-11(17)10-12(13)14/h6-8,10H,9H2,1-5H3. The number of rotatable bonds is 0. The molecule has 0 atom stereocenters. The molecule has 1 aromatic rings. The van der Waals surface area contributed by atoms with Crippen molar-refractivity contribution < 1.29 is 0 Å². The molecule has 0 saturated carbocycles. The van der Waals surface area contributed by atoms with E-state index >= 15 is 0 Å². The first kappa shape index (κ1) is 12.9. The first-order valence-corrected chi connectivity index (χ1v) is 7.02. The molecule has 0 amide bonds. The van der Waals surface area contributed by atoms with Crippen molar-refractivity contribution in [2.24, 2.45) is 5.41 Å². The van der Waals surface area contributed by atoms with Crippen molar-refractivity contribution in [1.29, 1.82) is 0 Å². The summed E-state index contributed by atoms with van der Waals surface area (Å²) in [7, 11) is 0. The van der Waals surface area contributed by atoms with Gasteiger partial charge in [0.05, 0.1) is 0 Å². The van der Waals surface area contributed by atoms with E-state index in [1.165, 1.54) is 21.2 Å². The Hall–Kier alpha value is -0.560. The zero-order chi connectivity index (χ0) is 12.8. The minimum atomic E-state index is 0.214. The van der Waals surface area contributed by atoms with Crippen LogP contribution in [0.3, 0.4) is 0 Å². The van der Waals surface area contributed by atoms with Crippen LogP contribution in [0.25, 0.3) is 5.57 Å². The number of fused-ring (bicyclic) bond motifs is 1. The molecule has 0 heterocycles. The molecule has 0 unspecified atom stereocenters. The molecule has 0 saturated heterocycles. The van der Waals surface area contributed by atoms with Crippen molar-refractivity contribution in [2.75, 3.05) is 0 Å². The van der Waals surface area contributed by atoms with E-state index in [2.05, 4.69) is 74.8 Å². The first-order chi connectivity index (χ1) is 7.72. The zero-order valence-corrected chi connectivity index (χ0v) is 13.0. The largest absolute Gasteiger partial charge is 0.0793 e. The molecule has 2 rings (SSSR count). The van der Waals surface area contributed by atoms with E-state index in [1.807, 2.05) is 0 Å². The van der Waals surface area contributed by atoms with Gasteiger partial charge in [-0.1, -0.05) is 62.7 Å². The van der Waals surface area contributed by atoms with Crippen LogP contribution in [0.4, 0.5) is 0 Å². The Morgan fingerprint density at radius 3 is 2.41 bits per heavy atom. The number of allylic oxidation sites excluding steroid dienone is 2. The molecular weight excluding hydrogens is 272 g/mol. The summed E-state index contributed by atoms with van der Waals surface area (Å²) < 4.78 is 1.17. The maximum Gasteiger partial charge on any atom is 0.0181 e. The molecule has 1 aromatic carbocycles. The molecule has 0 N–H and O–H groups in total. The van der Waals surface area contributed by atoms with Gasteiger partial charge in [-0.05, 0) is 46.1 Å². The van der Waals surface area contributed by atoms with Gasteiger partial charge in [0, 0.05) is 4.47 Å². The number of hydrogen-bond acceptors (Lipinski definition) is 0. The Morgan fingerprint density at radius 2 is 1.82 bits per heavy atom. The first-order valence-electron chi connectivity index (χ1n) is 6.23. The van der Waals surface area contributed by atoms with E-state index in [1.54, 1.807) is 0 Å². The second kappa shape index (κ2) is 3.98. The van der Waals surface area contributed by atoms with Crippen molar-refractivity contribution >= 4 is 21.5 Å². The lowest BCUT2D eigenvalue weighted by molar-refractivity contribution is 0.503. The summed E-state index contributed by atoms with van der Waals surface area (Å²) >= 11 is 3.59. The maximum atomic E-state index is 3.59. The third-order valence-corrected chi connectivity index (χ3v) is 4.12. The average Bonchev–Trinajstić information content (AvgIpc) is 2.14. The van der Waals surface area contributed by atoms with Crippen molar-refractivity contribution in [3.63, 3.8) is 0 Å². The molecule has 0 spiro atoms. The fourth-order valence-corrected chi connectivity index (χ4v) is 2.98. The van der Waals surface area contributed by atoms with Crippen LogP contribution in [0.2, 0.25) is 0 Å². The minimum Gasteiger partial charge on any atom is -0.0793 e. The van der Waals surface area contributed by atoms with E-state index in [0.29, 0.717) is 0 Å². The molecule has 0 aliphatic heterocycles.